The van der Waals surface area contributed by atoms with Crippen molar-refractivity contribution >= 4 is 29.3 Å². The number of hydrogen-bond acceptors (Lipinski definition) is 5. The minimum atomic E-state index is -0.0597. The Morgan fingerprint density at radius 3 is 2.93 bits per heavy atom. The first-order chi connectivity index (χ1) is 13.2. The summed E-state index contributed by atoms with van der Waals surface area (Å²) in [6.45, 7) is 0.542. The summed E-state index contributed by atoms with van der Waals surface area (Å²) in [5.41, 5.74) is 1.92. The number of nitrogens with one attached hydrogen (secondary N) is 1. The molecule has 0 fully saturated rings. The van der Waals surface area contributed by atoms with Gasteiger partial charge >= 0.3 is 0 Å². The van der Waals surface area contributed by atoms with Crippen LogP contribution in [0.5, 0.6) is 5.75 Å². The van der Waals surface area contributed by atoms with Crippen molar-refractivity contribution < 1.29 is 9.53 Å². The molecule has 3 aromatic rings. The lowest BCUT2D eigenvalue weighted by Crippen LogP contribution is -2.27. The molecule has 1 N–H and O–H groups in total. The van der Waals surface area contributed by atoms with E-state index in [9.17, 15) is 4.79 Å². The van der Waals surface area contributed by atoms with Crippen molar-refractivity contribution in [1.29, 1.82) is 0 Å². The van der Waals surface area contributed by atoms with Gasteiger partial charge < -0.3 is 10.1 Å². The molecule has 1 heterocycles. The Morgan fingerprint density at radius 2 is 2.11 bits per heavy atom. The van der Waals surface area contributed by atoms with Gasteiger partial charge in [-0.1, -0.05) is 47.6 Å². The Labute approximate surface area is 166 Å². The zero-order valence-electron chi connectivity index (χ0n) is 14.8. The number of halogens is 1. The first-order valence-electron chi connectivity index (χ1n) is 8.34. The first-order valence-corrected chi connectivity index (χ1v) is 9.71. The van der Waals surface area contributed by atoms with Gasteiger partial charge in [0.2, 0.25) is 5.91 Å². The summed E-state index contributed by atoms with van der Waals surface area (Å²) in [5.74, 6) is 1.02. The smallest absolute Gasteiger partial charge is 0.230 e. The SMILES string of the molecule is COc1ccccc1CCNC(=O)CSc1nncn1-c1cccc(Cl)c1. The molecule has 1 aromatic heterocycles. The number of nitrogens with zero attached hydrogens (tertiary/aromatic N) is 3. The van der Waals surface area contributed by atoms with Crippen LogP contribution < -0.4 is 10.1 Å². The normalized spacial score (nSPS) is 10.6. The van der Waals surface area contributed by atoms with Gasteiger partial charge in [-0.3, -0.25) is 9.36 Å². The van der Waals surface area contributed by atoms with E-state index in [4.69, 9.17) is 16.3 Å². The van der Waals surface area contributed by atoms with Crippen LogP contribution in [-0.4, -0.2) is 40.1 Å². The molecule has 140 valence electrons. The van der Waals surface area contributed by atoms with Crippen molar-refractivity contribution in [2.24, 2.45) is 0 Å². The highest BCUT2D eigenvalue weighted by atomic mass is 35.5. The summed E-state index contributed by atoms with van der Waals surface area (Å²) in [7, 11) is 1.64. The maximum Gasteiger partial charge on any atom is 0.230 e. The van der Waals surface area contributed by atoms with Crippen LogP contribution in [0.1, 0.15) is 5.56 Å². The van der Waals surface area contributed by atoms with Crippen molar-refractivity contribution in [1.82, 2.24) is 20.1 Å². The molecule has 0 aliphatic carbocycles. The molecule has 0 atom stereocenters. The third-order valence-electron chi connectivity index (χ3n) is 3.84. The van der Waals surface area contributed by atoms with E-state index in [-0.39, 0.29) is 11.7 Å². The number of benzene rings is 2. The van der Waals surface area contributed by atoms with Crippen LogP contribution in [0, 0.1) is 0 Å². The van der Waals surface area contributed by atoms with Gasteiger partial charge in [-0.2, -0.15) is 0 Å². The highest BCUT2D eigenvalue weighted by Crippen LogP contribution is 2.21. The number of rotatable bonds is 8. The van der Waals surface area contributed by atoms with Crippen molar-refractivity contribution in [3.8, 4) is 11.4 Å². The largest absolute Gasteiger partial charge is 0.496 e. The molecule has 0 saturated carbocycles. The van der Waals surface area contributed by atoms with Gasteiger partial charge in [0.25, 0.3) is 0 Å². The molecule has 0 saturated heterocycles. The van der Waals surface area contributed by atoms with Crippen LogP contribution in [0.4, 0.5) is 0 Å². The highest BCUT2D eigenvalue weighted by Gasteiger charge is 2.10. The quantitative estimate of drug-likeness (QED) is 0.585. The van der Waals surface area contributed by atoms with Crippen LogP contribution in [0.25, 0.3) is 5.69 Å². The second-order valence-electron chi connectivity index (χ2n) is 5.66. The van der Waals surface area contributed by atoms with Crippen LogP contribution in [0.3, 0.4) is 0 Å². The molecular formula is C19H19ClN4O2S. The molecule has 0 radical (unpaired) electrons. The van der Waals surface area contributed by atoms with E-state index < -0.39 is 0 Å². The second kappa shape index (κ2) is 9.43. The number of hydrogen-bond donors (Lipinski definition) is 1. The second-order valence-corrected chi connectivity index (χ2v) is 7.04. The molecule has 0 aliphatic rings. The van der Waals surface area contributed by atoms with Gasteiger partial charge in [-0.15, -0.1) is 10.2 Å². The van der Waals surface area contributed by atoms with Crippen LogP contribution >= 0.6 is 23.4 Å². The number of methoxy groups -OCH3 is 1. The van der Waals surface area contributed by atoms with Gasteiger partial charge in [0.15, 0.2) is 5.16 Å². The molecule has 3 rings (SSSR count). The van der Waals surface area contributed by atoms with Gasteiger partial charge in [-0.05, 0) is 36.2 Å². The lowest BCUT2D eigenvalue weighted by atomic mass is 10.1. The summed E-state index contributed by atoms with van der Waals surface area (Å²) < 4.78 is 7.12. The summed E-state index contributed by atoms with van der Waals surface area (Å²) in [5, 5.41) is 12.2. The Kier molecular flexibility index (Phi) is 6.73. The van der Waals surface area contributed by atoms with E-state index in [1.165, 1.54) is 11.8 Å². The Balaban J connectivity index is 1.51. The minimum absolute atomic E-state index is 0.0597. The topological polar surface area (TPSA) is 69.0 Å². The lowest BCUT2D eigenvalue weighted by Gasteiger charge is -2.09. The van der Waals surface area contributed by atoms with E-state index >= 15 is 0 Å². The van der Waals surface area contributed by atoms with Crippen molar-refractivity contribution in [3.63, 3.8) is 0 Å². The Morgan fingerprint density at radius 1 is 1.26 bits per heavy atom. The number of amides is 1. The van der Waals surface area contributed by atoms with E-state index in [2.05, 4.69) is 15.5 Å². The third kappa shape index (κ3) is 5.24. The zero-order chi connectivity index (χ0) is 19.1. The summed E-state index contributed by atoms with van der Waals surface area (Å²) in [6.07, 6.45) is 2.31. The lowest BCUT2D eigenvalue weighted by molar-refractivity contribution is -0.118. The standard InChI is InChI=1S/C19H19ClN4O2S/c1-26-17-8-3-2-5-14(17)9-10-21-18(25)12-27-19-23-22-13-24(19)16-7-4-6-15(20)11-16/h2-8,11,13H,9-10,12H2,1H3,(H,21,25). The molecule has 0 bridgehead atoms. The molecule has 0 aliphatic heterocycles. The molecule has 1 amide bonds. The van der Waals surface area contributed by atoms with Crippen LogP contribution in [0.2, 0.25) is 5.02 Å². The van der Waals surface area contributed by atoms with Gasteiger partial charge in [0.05, 0.1) is 18.6 Å². The number of carbonyl (C=O) groups excluding carboxylic acids is 1. The number of aromatic nitrogens is 3. The molecule has 0 spiro atoms. The monoisotopic (exact) mass is 402 g/mol. The number of thioether (sulfide) groups is 1. The Hall–Kier alpha value is -2.51. The molecule has 0 unspecified atom stereocenters. The maximum atomic E-state index is 12.1. The minimum Gasteiger partial charge on any atom is -0.496 e. The van der Waals surface area contributed by atoms with Gasteiger partial charge in [0, 0.05) is 11.6 Å². The number of carbonyl (C=O) groups is 1. The number of para-hydroxylation sites is 1. The summed E-state index contributed by atoms with van der Waals surface area (Å²) >= 11 is 7.36. The van der Waals surface area contributed by atoms with Crippen molar-refractivity contribution in [2.75, 3.05) is 19.4 Å². The zero-order valence-corrected chi connectivity index (χ0v) is 16.3. The predicted octanol–water partition coefficient (Wildman–Crippen LogP) is 3.38. The van der Waals surface area contributed by atoms with Gasteiger partial charge in [-0.25, -0.2) is 0 Å². The summed E-state index contributed by atoms with van der Waals surface area (Å²) in [4.78, 5) is 12.1. The highest BCUT2D eigenvalue weighted by molar-refractivity contribution is 7.99. The molecule has 6 nitrogen and oxygen atoms in total. The van der Waals surface area contributed by atoms with Gasteiger partial charge in [0.1, 0.15) is 12.1 Å². The predicted molar refractivity (Wildman–Crippen MR) is 107 cm³/mol. The fourth-order valence-electron chi connectivity index (χ4n) is 2.55. The summed E-state index contributed by atoms with van der Waals surface area (Å²) in [6, 6.07) is 15.2. The first kappa shape index (κ1) is 19.3. The third-order valence-corrected chi connectivity index (χ3v) is 5.02. The number of ether oxygens (including phenoxy) is 1. The molecule has 8 heteroatoms. The average molecular weight is 403 g/mol. The fourth-order valence-corrected chi connectivity index (χ4v) is 3.50. The van der Waals surface area contributed by atoms with E-state index in [1.807, 2.05) is 42.5 Å². The van der Waals surface area contributed by atoms with E-state index in [0.717, 1.165) is 17.0 Å². The van der Waals surface area contributed by atoms with E-state index in [0.29, 0.717) is 23.1 Å². The molecular weight excluding hydrogens is 384 g/mol. The van der Waals surface area contributed by atoms with Crippen molar-refractivity contribution in [2.45, 2.75) is 11.6 Å². The van der Waals surface area contributed by atoms with Crippen LogP contribution in [0.15, 0.2) is 60.0 Å². The Bertz CT molecular complexity index is 916. The fraction of sp³-hybridized carbons (Fsp3) is 0.211. The average Bonchev–Trinajstić information content (AvgIpc) is 3.15. The maximum absolute atomic E-state index is 12.1. The molecule has 27 heavy (non-hydrogen) atoms. The van der Waals surface area contributed by atoms with E-state index in [1.54, 1.807) is 24.1 Å². The van der Waals surface area contributed by atoms with Crippen molar-refractivity contribution in [3.05, 3.63) is 65.4 Å². The molecule has 2 aromatic carbocycles. The van der Waals surface area contributed by atoms with Crippen LogP contribution in [-0.2, 0) is 11.2 Å².